The maximum atomic E-state index is 12.4. The summed E-state index contributed by atoms with van der Waals surface area (Å²) >= 11 is 0. The largest absolute Gasteiger partial charge is 0.501 e. The van der Waals surface area contributed by atoms with Gasteiger partial charge in [0.05, 0.1) is 15.2 Å². The molecule has 9 nitrogen and oxygen atoms in total. The normalized spacial score (nSPS) is 13.7. The molecule has 9 heteroatoms. The number of fused-ring (bicyclic) bond motifs is 3. The van der Waals surface area contributed by atoms with Gasteiger partial charge in [0.1, 0.15) is 0 Å². The van der Waals surface area contributed by atoms with Crippen LogP contribution in [0.4, 0.5) is 11.4 Å². The van der Waals surface area contributed by atoms with Crippen LogP contribution in [-0.4, -0.2) is 26.5 Å². The van der Waals surface area contributed by atoms with Gasteiger partial charge in [-0.1, -0.05) is 36.4 Å². The van der Waals surface area contributed by atoms with Crippen LogP contribution in [0.1, 0.15) is 5.56 Å². The molecule has 0 saturated carbocycles. The lowest BCUT2D eigenvalue weighted by molar-refractivity contribution is -0.421. The van der Waals surface area contributed by atoms with Gasteiger partial charge in [0.2, 0.25) is 5.75 Å². The number of carbonyl (C=O) groups excluding carboxylic acids is 2. The minimum absolute atomic E-state index is 0.0567. The number of ketones is 2. The number of rotatable bonds is 3. The summed E-state index contributed by atoms with van der Waals surface area (Å²) in [6.07, 6.45) is 2.96. The highest BCUT2D eigenvalue weighted by atomic mass is 16.6. The van der Waals surface area contributed by atoms with Crippen LogP contribution in [0.5, 0.6) is 5.75 Å². The second-order valence-corrected chi connectivity index (χ2v) is 6.30. The molecule has 1 aliphatic rings. The Labute approximate surface area is 161 Å². The first-order valence-corrected chi connectivity index (χ1v) is 8.29. The van der Waals surface area contributed by atoms with Gasteiger partial charge in [0.25, 0.3) is 0 Å². The summed E-state index contributed by atoms with van der Waals surface area (Å²) in [4.78, 5) is 45.6. The average molecular weight is 390 g/mol. The molecule has 0 unspecified atom stereocenters. The van der Waals surface area contributed by atoms with E-state index in [-0.39, 0.29) is 21.9 Å². The van der Waals surface area contributed by atoms with Crippen LogP contribution < -0.4 is 0 Å². The van der Waals surface area contributed by atoms with Crippen molar-refractivity contribution in [3.8, 4) is 5.75 Å². The van der Waals surface area contributed by atoms with Gasteiger partial charge < -0.3 is 5.11 Å². The Bertz CT molecular complexity index is 1350. The van der Waals surface area contributed by atoms with Crippen molar-refractivity contribution < 1.29 is 24.5 Å². The summed E-state index contributed by atoms with van der Waals surface area (Å²) in [7, 11) is 0. The molecule has 29 heavy (non-hydrogen) atoms. The number of benzene rings is 3. The van der Waals surface area contributed by atoms with Crippen LogP contribution in [0.3, 0.4) is 0 Å². The van der Waals surface area contributed by atoms with E-state index in [1.54, 1.807) is 30.3 Å². The lowest BCUT2D eigenvalue weighted by Gasteiger charge is -2.14. The average Bonchev–Trinajstić information content (AvgIpc) is 2.68. The minimum atomic E-state index is -1.13. The topological polar surface area (TPSA) is 141 Å². The number of allylic oxidation sites excluding steroid dienone is 4. The maximum absolute atomic E-state index is 12.4. The van der Waals surface area contributed by atoms with Crippen molar-refractivity contribution in [1.29, 1.82) is 0 Å². The SMILES string of the molecule is O=C1C=CC(=O)C(c2c(O)c([N+](=O)[O-])c([N+](=O)[O-])c3c2ccc2ccccc23)=C1. The van der Waals surface area contributed by atoms with E-state index in [0.717, 1.165) is 18.2 Å². The zero-order chi connectivity index (χ0) is 20.9. The van der Waals surface area contributed by atoms with Crippen molar-refractivity contribution in [1.82, 2.24) is 0 Å². The highest BCUT2D eigenvalue weighted by molar-refractivity contribution is 6.37. The Morgan fingerprint density at radius 1 is 0.828 bits per heavy atom. The Balaban J connectivity index is 2.31. The van der Waals surface area contributed by atoms with Crippen molar-refractivity contribution in [3.63, 3.8) is 0 Å². The molecule has 1 aliphatic carbocycles. The fourth-order valence-electron chi connectivity index (χ4n) is 3.54. The van der Waals surface area contributed by atoms with E-state index < -0.39 is 38.5 Å². The standard InChI is InChI=1S/C20H10N2O7/c23-11-6-8-15(24)14(9-11)17-13-7-5-10-3-1-2-4-12(10)16(13)18(21(26)27)19(20(17)25)22(28)29/h1-9,25H. The molecular weight excluding hydrogens is 380 g/mol. The minimum Gasteiger partial charge on any atom is -0.501 e. The van der Waals surface area contributed by atoms with Crippen LogP contribution in [0.25, 0.3) is 27.1 Å². The first-order valence-electron chi connectivity index (χ1n) is 8.29. The quantitative estimate of drug-likeness (QED) is 0.312. The molecule has 3 aromatic rings. The van der Waals surface area contributed by atoms with Gasteiger partial charge in [0, 0.05) is 16.5 Å². The van der Waals surface area contributed by atoms with E-state index in [9.17, 15) is 34.9 Å². The molecule has 0 heterocycles. The molecule has 0 amide bonds. The van der Waals surface area contributed by atoms with E-state index in [1.807, 2.05) is 0 Å². The molecule has 0 aliphatic heterocycles. The highest BCUT2D eigenvalue weighted by Gasteiger charge is 2.38. The summed E-state index contributed by atoms with van der Waals surface area (Å²) in [5.74, 6) is -2.24. The molecule has 4 rings (SSSR count). The van der Waals surface area contributed by atoms with Crippen LogP contribution in [-0.2, 0) is 9.59 Å². The third kappa shape index (κ3) is 2.64. The van der Waals surface area contributed by atoms with Gasteiger partial charge in [-0.3, -0.25) is 29.8 Å². The Morgan fingerprint density at radius 3 is 2.21 bits per heavy atom. The molecule has 0 aromatic heterocycles. The zero-order valence-corrected chi connectivity index (χ0v) is 14.5. The molecule has 142 valence electrons. The van der Waals surface area contributed by atoms with Crippen LogP contribution in [0.2, 0.25) is 0 Å². The lowest BCUT2D eigenvalue weighted by Crippen LogP contribution is -2.09. The molecule has 0 saturated heterocycles. The molecule has 0 atom stereocenters. The maximum Gasteiger partial charge on any atom is 0.388 e. The predicted octanol–water partition coefficient (Wildman–Crippen LogP) is 3.61. The molecule has 0 spiro atoms. The summed E-state index contributed by atoms with van der Waals surface area (Å²) in [6, 6.07) is 9.58. The number of nitrogens with zero attached hydrogens (tertiary/aromatic N) is 2. The Morgan fingerprint density at radius 2 is 1.52 bits per heavy atom. The number of hydrogen-bond acceptors (Lipinski definition) is 7. The van der Waals surface area contributed by atoms with Crippen LogP contribution >= 0.6 is 0 Å². The van der Waals surface area contributed by atoms with Crippen LogP contribution in [0.15, 0.2) is 54.6 Å². The van der Waals surface area contributed by atoms with Gasteiger partial charge in [0.15, 0.2) is 11.6 Å². The van der Waals surface area contributed by atoms with E-state index in [2.05, 4.69) is 0 Å². The molecule has 1 N–H and O–H groups in total. The molecule has 0 bridgehead atoms. The fourth-order valence-corrected chi connectivity index (χ4v) is 3.54. The summed E-state index contributed by atoms with van der Waals surface area (Å²) in [5.41, 5.74) is -2.57. The predicted molar refractivity (Wildman–Crippen MR) is 104 cm³/mol. The number of hydrogen-bond donors (Lipinski definition) is 1. The van der Waals surface area contributed by atoms with E-state index in [1.165, 1.54) is 6.07 Å². The summed E-state index contributed by atoms with van der Waals surface area (Å²) in [6.45, 7) is 0. The Hall–Kier alpha value is -4.40. The van der Waals surface area contributed by atoms with Crippen molar-refractivity contribution in [3.05, 3.63) is 80.4 Å². The second-order valence-electron chi connectivity index (χ2n) is 6.30. The zero-order valence-electron chi connectivity index (χ0n) is 14.5. The van der Waals surface area contributed by atoms with Crippen LogP contribution in [0, 0.1) is 20.2 Å². The first kappa shape index (κ1) is 18.0. The van der Waals surface area contributed by atoms with Gasteiger partial charge in [-0.05, 0) is 29.0 Å². The van der Waals surface area contributed by atoms with Crippen molar-refractivity contribution in [2.75, 3.05) is 0 Å². The number of carbonyl (C=O) groups is 2. The third-order valence-electron chi connectivity index (χ3n) is 4.71. The number of phenolic OH excluding ortho intramolecular Hbond substituents is 1. The summed E-state index contributed by atoms with van der Waals surface area (Å²) in [5, 5.41) is 35.0. The number of nitro groups is 2. The van der Waals surface area contributed by atoms with Crippen molar-refractivity contribution >= 4 is 50.1 Å². The highest BCUT2D eigenvalue weighted by Crippen LogP contribution is 2.50. The second kappa shape index (κ2) is 6.34. The molecule has 3 aromatic carbocycles. The number of nitro benzene ring substituents is 2. The van der Waals surface area contributed by atoms with Gasteiger partial charge in [-0.25, -0.2) is 0 Å². The lowest BCUT2D eigenvalue weighted by atomic mass is 9.88. The molecule has 0 fully saturated rings. The van der Waals surface area contributed by atoms with Gasteiger partial charge in [-0.15, -0.1) is 0 Å². The summed E-state index contributed by atoms with van der Waals surface area (Å²) < 4.78 is 0. The van der Waals surface area contributed by atoms with Crippen molar-refractivity contribution in [2.24, 2.45) is 0 Å². The van der Waals surface area contributed by atoms with E-state index >= 15 is 0 Å². The first-order chi connectivity index (χ1) is 13.8. The van der Waals surface area contributed by atoms with E-state index in [4.69, 9.17) is 0 Å². The number of phenols is 1. The third-order valence-corrected chi connectivity index (χ3v) is 4.71. The van der Waals surface area contributed by atoms with Crippen molar-refractivity contribution in [2.45, 2.75) is 0 Å². The van der Waals surface area contributed by atoms with E-state index in [0.29, 0.717) is 10.8 Å². The monoisotopic (exact) mass is 390 g/mol. The molecular formula is C20H10N2O7. The Kier molecular flexibility index (Phi) is 3.93. The molecule has 0 radical (unpaired) electrons. The van der Waals surface area contributed by atoms with Gasteiger partial charge in [-0.2, -0.15) is 0 Å². The smallest absolute Gasteiger partial charge is 0.388 e. The van der Waals surface area contributed by atoms with Gasteiger partial charge >= 0.3 is 11.4 Å². The fraction of sp³-hybridized carbons (Fsp3) is 0. The number of aromatic hydroxyl groups is 1.